The zero-order chi connectivity index (χ0) is 30.6. The van der Waals surface area contributed by atoms with E-state index in [9.17, 15) is 18.0 Å². The summed E-state index contributed by atoms with van der Waals surface area (Å²) in [5.74, 6) is -1.50. The summed E-state index contributed by atoms with van der Waals surface area (Å²) in [6, 6.07) is 16.5. The van der Waals surface area contributed by atoms with Gasteiger partial charge in [0.25, 0.3) is 0 Å². The summed E-state index contributed by atoms with van der Waals surface area (Å²) in [6.45, 7) is 1.83. The first-order valence-electron chi connectivity index (χ1n) is 12.7. The number of aryl methyl sites for hydroxylation is 1. The number of nitrogens with zero attached hydrogens (tertiary/aromatic N) is 2. The monoisotopic (exact) mass is 582 g/mol. The molecule has 12 heteroatoms. The van der Waals surface area contributed by atoms with Gasteiger partial charge in [0.1, 0.15) is 6.04 Å². The molecule has 0 amide bonds. The van der Waals surface area contributed by atoms with E-state index < -0.39 is 30.2 Å². The van der Waals surface area contributed by atoms with Crippen molar-refractivity contribution in [2.45, 2.75) is 31.7 Å². The summed E-state index contributed by atoms with van der Waals surface area (Å²) in [7, 11) is 2.73. The first kappa shape index (κ1) is 30.1. The summed E-state index contributed by atoms with van der Waals surface area (Å²) in [4.78, 5) is 19.1. The molecule has 220 valence electrons. The van der Waals surface area contributed by atoms with E-state index in [1.807, 2.05) is 13.0 Å². The van der Waals surface area contributed by atoms with Crippen molar-refractivity contribution in [3.63, 3.8) is 0 Å². The number of alkyl halides is 3. The van der Waals surface area contributed by atoms with E-state index in [2.05, 4.69) is 9.97 Å². The molecular formula is C30H29F3N4O5. The van der Waals surface area contributed by atoms with Gasteiger partial charge in [-0.05, 0) is 42.2 Å². The third kappa shape index (κ3) is 6.89. The molecule has 0 aliphatic carbocycles. The largest absolute Gasteiger partial charge is 0.493 e. The van der Waals surface area contributed by atoms with Crippen LogP contribution in [-0.2, 0) is 11.2 Å². The maximum absolute atomic E-state index is 14.7. The minimum absolute atomic E-state index is 0.0901. The van der Waals surface area contributed by atoms with Crippen LogP contribution in [0.25, 0.3) is 22.4 Å². The summed E-state index contributed by atoms with van der Waals surface area (Å²) < 4.78 is 60.3. The van der Waals surface area contributed by atoms with Gasteiger partial charge in [0.2, 0.25) is 17.9 Å². The molecule has 9 nitrogen and oxygen atoms in total. The number of hydrogen-bond acceptors (Lipinski definition) is 8. The molecule has 4 aromatic rings. The van der Waals surface area contributed by atoms with Crippen LogP contribution in [-0.4, -0.2) is 47.5 Å². The van der Waals surface area contributed by atoms with Crippen LogP contribution in [0.4, 0.5) is 19.1 Å². The standard InChI is InChI=1S/C30H29F3N4O5/c1-16-5-4-6-19(11-16)20-13-24(40-2)25(41-3)14-21(20)27(30(31,32)33)42-26-15-23(36-29(35)37-26)18-9-7-17(8-10-18)12-22(34)28(38)39/h4-11,13-15,22,27H,12,34H2,1-3H3,(H,38,39)(H2,35,36,37)/t22-,27?/m0/s1. The molecule has 0 saturated carbocycles. The number of carboxylic acid groups (broad SMARTS) is 1. The molecule has 0 fully saturated rings. The number of ether oxygens (including phenoxy) is 3. The van der Waals surface area contributed by atoms with Crippen molar-refractivity contribution < 1.29 is 37.3 Å². The predicted octanol–water partition coefficient (Wildman–Crippen LogP) is 5.36. The van der Waals surface area contributed by atoms with Crippen LogP contribution >= 0.6 is 0 Å². The van der Waals surface area contributed by atoms with E-state index in [-0.39, 0.29) is 40.7 Å². The third-order valence-electron chi connectivity index (χ3n) is 6.45. The Morgan fingerprint density at radius 2 is 1.62 bits per heavy atom. The Morgan fingerprint density at radius 1 is 0.952 bits per heavy atom. The number of hydrogen-bond donors (Lipinski definition) is 3. The van der Waals surface area contributed by atoms with Crippen molar-refractivity contribution in [3.05, 3.63) is 83.4 Å². The highest BCUT2D eigenvalue weighted by atomic mass is 19.4. The number of rotatable bonds is 10. The maximum atomic E-state index is 14.7. The zero-order valence-corrected chi connectivity index (χ0v) is 23.0. The van der Waals surface area contributed by atoms with E-state index in [1.54, 1.807) is 42.5 Å². The number of nitrogen functional groups attached to an aromatic ring is 1. The number of benzene rings is 3. The van der Waals surface area contributed by atoms with Crippen molar-refractivity contribution in [1.29, 1.82) is 0 Å². The van der Waals surface area contributed by atoms with Crippen molar-refractivity contribution >= 4 is 11.9 Å². The molecule has 2 atom stereocenters. The molecule has 0 radical (unpaired) electrons. The Morgan fingerprint density at radius 3 is 2.21 bits per heavy atom. The van der Waals surface area contributed by atoms with Crippen LogP contribution in [0.5, 0.6) is 17.4 Å². The number of anilines is 1. The van der Waals surface area contributed by atoms with Crippen LogP contribution < -0.4 is 25.7 Å². The molecule has 0 spiro atoms. The Bertz CT molecular complexity index is 1580. The normalized spacial score (nSPS) is 12.8. The van der Waals surface area contributed by atoms with E-state index >= 15 is 0 Å². The van der Waals surface area contributed by atoms with Gasteiger partial charge in [0, 0.05) is 17.2 Å². The minimum Gasteiger partial charge on any atom is -0.493 e. The van der Waals surface area contributed by atoms with Gasteiger partial charge in [-0.25, -0.2) is 4.98 Å². The highest BCUT2D eigenvalue weighted by Crippen LogP contribution is 2.45. The van der Waals surface area contributed by atoms with Crippen molar-refractivity contribution in [3.8, 4) is 39.8 Å². The lowest BCUT2D eigenvalue weighted by Crippen LogP contribution is -2.32. The Kier molecular flexibility index (Phi) is 8.86. The quantitative estimate of drug-likeness (QED) is 0.225. The number of aliphatic carboxylic acids is 1. The van der Waals surface area contributed by atoms with Crippen LogP contribution in [0.15, 0.2) is 66.7 Å². The van der Waals surface area contributed by atoms with Crippen molar-refractivity contribution in [1.82, 2.24) is 9.97 Å². The molecule has 1 unspecified atom stereocenters. The van der Waals surface area contributed by atoms with Gasteiger partial charge in [-0.2, -0.15) is 18.2 Å². The molecule has 0 saturated heterocycles. The molecular weight excluding hydrogens is 553 g/mol. The van der Waals surface area contributed by atoms with Gasteiger partial charge in [0.05, 0.1) is 19.9 Å². The van der Waals surface area contributed by atoms with Gasteiger partial charge < -0.3 is 30.8 Å². The van der Waals surface area contributed by atoms with E-state index in [0.717, 1.165) is 5.56 Å². The van der Waals surface area contributed by atoms with Gasteiger partial charge in [0.15, 0.2) is 11.5 Å². The fourth-order valence-corrected chi connectivity index (χ4v) is 4.41. The highest BCUT2D eigenvalue weighted by molar-refractivity contribution is 5.74. The summed E-state index contributed by atoms with van der Waals surface area (Å²) in [6.07, 6.45) is -7.24. The van der Waals surface area contributed by atoms with Crippen molar-refractivity contribution in [2.24, 2.45) is 5.73 Å². The van der Waals surface area contributed by atoms with Gasteiger partial charge >= 0.3 is 12.1 Å². The summed E-state index contributed by atoms with van der Waals surface area (Å²) in [5.41, 5.74) is 14.2. The lowest BCUT2D eigenvalue weighted by atomic mass is 9.94. The molecule has 3 aromatic carbocycles. The molecule has 4 rings (SSSR count). The van der Waals surface area contributed by atoms with Crippen LogP contribution in [0.3, 0.4) is 0 Å². The average Bonchev–Trinajstić information content (AvgIpc) is 2.94. The van der Waals surface area contributed by atoms with E-state index in [1.165, 1.54) is 32.4 Å². The van der Waals surface area contributed by atoms with E-state index in [4.69, 9.17) is 30.8 Å². The molecule has 1 heterocycles. The van der Waals surface area contributed by atoms with Gasteiger partial charge in [-0.1, -0.05) is 54.1 Å². The zero-order valence-electron chi connectivity index (χ0n) is 23.0. The Hall–Kier alpha value is -4.84. The average molecular weight is 583 g/mol. The number of aromatic nitrogens is 2. The second-order valence-electron chi connectivity index (χ2n) is 9.50. The maximum Gasteiger partial charge on any atom is 0.429 e. The smallest absolute Gasteiger partial charge is 0.429 e. The van der Waals surface area contributed by atoms with Gasteiger partial charge in [-0.3, -0.25) is 4.79 Å². The highest BCUT2D eigenvalue weighted by Gasteiger charge is 2.45. The van der Waals surface area contributed by atoms with Crippen LogP contribution in [0.2, 0.25) is 0 Å². The lowest BCUT2D eigenvalue weighted by Gasteiger charge is -2.25. The molecule has 42 heavy (non-hydrogen) atoms. The van der Waals surface area contributed by atoms with Crippen molar-refractivity contribution in [2.75, 3.05) is 20.0 Å². The lowest BCUT2D eigenvalue weighted by molar-refractivity contribution is -0.198. The number of carboxylic acids is 1. The molecule has 1 aromatic heterocycles. The molecule has 0 aliphatic rings. The molecule has 0 bridgehead atoms. The fraction of sp³-hybridized carbons (Fsp3) is 0.233. The minimum atomic E-state index is -4.87. The topological polar surface area (TPSA) is 143 Å². The number of halogens is 3. The molecule has 0 aliphatic heterocycles. The third-order valence-corrected chi connectivity index (χ3v) is 6.45. The predicted molar refractivity (Wildman–Crippen MR) is 150 cm³/mol. The number of carbonyl (C=O) groups is 1. The van der Waals surface area contributed by atoms with Crippen LogP contribution in [0.1, 0.15) is 22.8 Å². The molecule has 5 N–H and O–H groups in total. The first-order valence-corrected chi connectivity index (χ1v) is 12.7. The number of methoxy groups -OCH3 is 2. The summed E-state index contributed by atoms with van der Waals surface area (Å²) >= 11 is 0. The Labute approximate surface area is 239 Å². The summed E-state index contributed by atoms with van der Waals surface area (Å²) in [5, 5.41) is 9.03. The number of nitrogens with two attached hydrogens (primary N) is 2. The SMILES string of the molecule is COc1cc(-c2cccc(C)c2)c(C(Oc2cc(-c3ccc(C[C@H](N)C(=O)O)cc3)nc(N)n2)C(F)(F)F)cc1OC. The second-order valence-corrected chi connectivity index (χ2v) is 9.50. The van der Waals surface area contributed by atoms with Crippen LogP contribution in [0, 0.1) is 6.92 Å². The van der Waals surface area contributed by atoms with E-state index in [0.29, 0.717) is 16.7 Å². The Balaban J connectivity index is 1.77. The first-order chi connectivity index (χ1) is 19.9. The second kappa shape index (κ2) is 12.4. The van der Waals surface area contributed by atoms with Gasteiger partial charge in [-0.15, -0.1) is 0 Å². The fourth-order valence-electron chi connectivity index (χ4n) is 4.41.